The van der Waals surface area contributed by atoms with E-state index in [0.29, 0.717) is 6.54 Å². The maximum Gasteiger partial charge on any atom is 0.417 e. The normalized spacial score (nSPS) is 12.1. The molecule has 7 heteroatoms. The number of carbonyl (C=O) groups is 1. The summed E-state index contributed by atoms with van der Waals surface area (Å²) in [4.78, 5) is 12.2. The fourth-order valence-corrected chi connectivity index (χ4v) is 2.31. The number of ether oxygens (including phenoxy) is 1. The van der Waals surface area contributed by atoms with E-state index < -0.39 is 29.3 Å². The van der Waals surface area contributed by atoms with Crippen molar-refractivity contribution in [3.63, 3.8) is 0 Å². The predicted molar refractivity (Wildman–Crippen MR) is 89.2 cm³/mol. The molecule has 0 bridgehead atoms. The first kappa shape index (κ1) is 19.3. The average Bonchev–Trinajstić information content (AvgIpc) is 2.64. The highest BCUT2D eigenvalue weighted by Crippen LogP contribution is 2.34. The van der Waals surface area contributed by atoms with Crippen molar-refractivity contribution in [1.29, 1.82) is 5.26 Å². The van der Waals surface area contributed by atoms with Crippen molar-refractivity contribution in [3.05, 3.63) is 65.2 Å². The lowest BCUT2D eigenvalue weighted by Crippen LogP contribution is -2.37. The molecule has 2 aromatic carbocycles. The summed E-state index contributed by atoms with van der Waals surface area (Å²) in [6, 6.07) is 13.8. The van der Waals surface area contributed by atoms with E-state index >= 15 is 0 Å². The van der Waals surface area contributed by atoms with Crippen LogP contribution in [0.5, 0.6) is 5.75 Å². The SMILES string of the molecule is CCC(Oc1ccc(C#N)c(C(F)(F)F)c1)C(=O)NCc1ccccc1. The summed E-state index contributed by atoms with van der Waals surface area (Å²) in [5.74, 6) is -0.535. The molecule has 26 heavy (non-hydrogen) atoms. The minimum atomic E-state index is -4.68. The van der Waals surface area contributed by atoms with E-state index in [1.807, 2.05) is 30.3 Å². The Morgan fingerprint density at radius 3 is 2.50 bits per heavy atom. The molecule has 0 aliphatic carbocycles. The van der Waals surface area contributed by atoms with E-state index in [-0.39, 0.29) is 12.2 Å². The first-order chi connectivity index (χ1) is 12.3. The summed E-state index contributed by atoms with van der Waals surface area (Å²) >= 11 is 0. The van der Waals surface area contributed by atoms with Crippen LogP contribution in [0.2, 0.25) is 0 Å². The van der Waals surface area contributed by atoms with Gasteiger partial charge in [0.15, 0.2) is 6.10 Å². The van der Waals surface area contributed by atoms with E-state index in [0.717, 1.165) is 17.7 Å². The maximum atomic E-state index is 13.0. The number of halogens is 3. The number of alkyl halides is 3. The van der Waals surface area contributed by atoms with Crippen LogP contribution in [0.15, 0.2) is 48.5 Å². The van der Waals surface area contributed by atoms with Gasteiger partial charge in [-0.3, -0.25) is 4.79 Å². The summed E-state index contributed by atoms with van der Waals surface area (Å²) in [7, 11) is 0. The van der Waals surface area contributed by atoms with Crippen molar-refractivity contribution < 1.29 is 22.7 Å². The van der Waals surface area contributed by atoms with Crippen molar-refractivity contribution in [2.45, 2.75) is 32.2 Å². The second-order valence-electron chi connectivity index (χ2n) is 5.54. The summed E-state index contributed by atoms with van der Waals surface area (Å²) in [6.07, 6.45) is -5.34. The van der Waals surface area contributed by atoms with E-state index in [1.54, 1.807) is 6.92 Å². The van der Waals surface area contributed by atoms with E-state index in [9.17, 15) is 18.0 Å². The molecular formula is C19H17F3N2O2. The number of nitriles is 1. The lowest BCUT2D eigenvalue weighted by atomic mass is 10.1. The number of rotatable bonds is 6. The van der Waals surface area contributed by atoms with Crippen LogP contribution in [0.1, 0.15) is 30.0 Å². The molecule has 136 valence electrons. The fourth-order valence-electron chi connectivity index (χ4n) is 2.31. The number of benzene rings is 2. The second kappa shape index (κ2) is 8.39. The van der Waals surface area contributed by atoms with Gasteiger partial charge in [0.05, 0.1) is 17.2 Å². The van der Waals surface area contributed by atoms with Crippen LogP contribution in [0.3, 0.4) is 0 Å². The molecule has 0 aliphatic rings. The minimum Gasteiger partial charge on any atom is -0.481 e. The van der Waals surface area contributed by atoms with E-state index in [4.69, 9.17) is 10.00 Å². The van der Waals surface area contributed by atoms with Crippen molar-refractivity contribution in [2.75, 3.05) is 0 Å². The van der Waals surface area contributed by atoms with E-state index in [2.05, 4.69) is 5.32 Å². The quantitative estimate of drug-likeness (QED) is 0.843. The number of amides is 1. The third kappa shape index (κ3) is 4.99. The summed E-state index contributed by atoms with van der Waals surface area (Å²) in [5, 5.41) is 11.5. The van der Waals surface area contributed by atoms with Gasteiger partial charge < -0.3 is 10.1 Å². The third-order valence-electron chi connectivity index (χ3n) is 3.67. The molecule has 0 aromatic heterocycles. The average molecular weight is 362 g/mol. The Labute approximate surface area is 149 Å². The van der Waals surface area contributed by atoms with Crippen LogP contribution < -0.4 is 10.1 Å². The molecular weight excluding hydrogens is 345 g/mol. The topological polar surface area (TPSA) is 62.1 Å². The Bertz CT molecular complexity index is 799. The minimum absolute atomic E-state index is 0.113. The standard InChI is InChI=1S/C19H17F3N2O2/c1-2-17(18(25)24-12-13-6-4-3-5-7-13)26-15-9-8-14(11-23)16(10-15)19(20,21)22/h3-10,17H,2,12H2,1H3,(H,24,25). The molecule has 0 aliphatic heterocycles. The highest BCUT2D eigenvalue weighted by atomic mass is 19.4. The lowest BCUT2D eigenvalue weighted by Gasteiger charge is -2.18. The van der Waals surface area contributed by atoms with Crippen molar-refractivity contribution in [2.24, 2.45) is 0 Å². The van der Waals surface area contributed by atoms with Gasteiger partial charge in [-0.25, -0.2) is 0 Å². The van der Waals surface area contributed by atoms with Gasteiger partial charge in [0, 0.05) is 6.54 Å². The van der Waals surface area contributed by atoms with Gasteiger partial charge in [0.2, 0.25) is 0 Å². The first-order valence-electron chi connectivity index (χ1n) is 7.94. The Hall–Kier alpha value is -3.01. The van der Waals surface area contributed by atoms with Crippen LogP contribution in [0, 0.1) is 11.3 Å². The van der Waals surface area contributed by atoms with Crippen molar-refractivity contribution in [1.82, 2.24) is 5.32 Å². The monoisotopic (exact) mass is 362 g/mol. The molecule has 1 N–H and O–H groups in total. The third-order valence-corrected chi connectivity index (χ3v) is 3.67. The highest BCUT2D eigenvalue weighted by Gasteiger charge is 2.34. The molecule has 0 saturated heterocycles. The summed E-state index contributed by atoms with van der Waals surface area (Å²) in [6.45, 7) is 1.99. The van der Waals surface area contributed by atoms with Gasteiger partial charge in [0.25, 0.3) is 5.91 Å². The molecule has 1 amide bonds. The molecule has 1 unspecified atom stereocenters. The smallest absolute Gasteiger partial charge is 0.417 e. The van der Waals surface area contributed by atoms with Gasteiger partial charge in [0.1, 0.15) is 5.75 Å². The molecule has 4 nitrogen and oxygen atoms in total. The number of hydrogen-bond donors (Lipinski definition) is 1. The van der Waals surface area contributed by atoms with Crippen LogP contribution in [-0.4, -0.2) is 12.0 Å². The Kier molecular flexibility index (Phi) is 6.23. The van der Waals surface area contributed by atoms with Gasteiger partial charge in [-0.05, 0) is 30.2 Å². The Morgan fingerprint density at radius 2 is 1.92 bits per heavy atom. The predicted octanol–water partition coefficient (Wildman–Crippen LogP) is 4.05. The lowest BCUT2D eigenvalue weighted by molar-refractivity contribution is -0.137. The first-order valence-corrected chi connectivity index (χ1v) is 7.94. The molecule has 1 atom stereocenters. The molecule has 0 radical (unpaired) electrons. The molecule has 0 saturated carbocycles. The fraction of sp³-hybridized carbons (Fsp3) is 0.263. The number of nitrogens with zero attached hydrogens (tertiary/aromatic N) is 1. The van der Waals surface area contributed by atoms with Gasteiger partial charge >= 0.3 is 6.18 Å². The zero-order valence-electron chi connectivity index (χ0n) is 14.0. The largest absolute Gasteiger partial charge is 0.481 e. The molecule has 2 rings (SSSR count). The Morgan fingerprint density at radius 1 is 1.23 bits per heavy atom. The van der Waals surface area contributed by atoms with Gasteiger partial charge in [-0.1, -0.05) is 37.3 Å². The summed E-state index contributed by atoms with van der Waals surface area (Å²) in [5.41, 5.74) is -0.683. The Balaban J connectivity index is 2.09. The zero-order chi connectivity index (χ0) is 19.2. The van der Waals surface area contributed by atoms with E-state index in [1.165, 1.54) is 12.1 Å². The van der Waals surface area contributed by atoms with Crippen LogP contribution in [0.25, 0.3) is 0 Å². The van der Waals surface area contributed by atoms with Gasteiger partial charge in [-0.15, -0.1) is 0 Å². The molecule has 0 spiro atoms. The van der Waals surface area contributed by atoms with Crippen molar-refractivity contribution in [3.8, 4) is 11.8 Å². The number of nitrogens with one attached hydrogen (secondary N) is 1. The van der Waals surface area contributed by atoms with Gasteiger partial charge in [-0.2, -0.15) is 18.4 Å². The van der Waals surface area contributed by atoms with Crippen LogP contribution in [0.4, 0.5) is 13.2 Å². The molecule has 0 fully saturated rings. The molecule has 0 heterocycles. The number of carbonyl (C=O) groups excluding carboxylic acids is 1. The maximum absolute atomic E-state index is 13.0. The summed E-state index contributed by atoms with van der Waals surface area (Å²) < 4.78 is 44.5. The zero-order valence-corrected chi connectivity index (χ0v) is 14.0. The molecule has 2 aromatic rings. The van der Waals surface area contributed by atoms with Crippen molar-refractivity contribution >= 4 is 5.91 Å². The number of hydrogen-bond acceptors (Lipinski definition) is 3. The van der Waals surface area contributed by atoms with Crippen LogP contribution >= 0.6 is 0 Å². The van der Waals surface area contributed by atoms with Crippen LogP contribution in [-0.2, 0) is 17.5 Å². The highest BCUT2D eigenvalue weighted by molar-refractivity contribution is 5.81. The second-order valence-corrected chi connectivity index (χ2v) is 5.54.